The van der Waals surface area contributed by atoms with Gasteiger partial charge in [0.1, 0.15) is 4.83 Å². The summed E-state index contributed by atoms with van der Waals surface area (Å²) in [5.74, 6) is 0. The average Bonchev–Trinajstić information content (AvgIpc) is 2.79. The predicted octanol–water partition coefficient (Wildman–Crippen LogP) is 1.82. The van der Waals surface area contributed by atoms with E-state index in [1.54, 1.807) is 17.6 Å². The second kappa shape index (κ2) is 3.96. The van der Waals surface area contributed by atoms with Gasteiger partial charge in [-0.2, -0.15) is 0 Å². The van der Waals surface area contributed by atoms with Crippen molar-refractivity contribution in [3.05, 3.63) is 68.3 Å². The third kappa shape index (κ3) is 1.52. The third-order valence-electron chi connectivity index (χ3n) is 2.86. The lowest BCUT2D eigenvalue weighted by Gasteiger charge is -2.07. The number of para-hydroxylation sites is 1. The molecule has 0 saturated carbocycles. The van der Waals surface area contributed by atoms with Crippen molar-refractivity contribution < 1.29 is 0 Å². The summed E-state index contributed by atoms with van der Waals surface area (Å²) >= 11 is 1.37. The molecule has 0 spiro atoms. The Hall–Kier alpha value is -2.14. The molecule has 18 heavy (non-hydrogen) atoms. The molecule has 0 unspecified atom stereocenters. The number of hydrogen-bond donors (Lipinski definition) is 0. The van der Waals surface area contributed by atoms with Crippen LogP contribution in [0.1, 0.15) is 5.56 Å². The summed E-state index contributed by atoms with van der Waals surface area (Å²) in [6.45, 7) is 1.88. The number of thiazole rings is 1. The van der Waals surface area contributed by atoms with Crippen molar-refractivity contribution in [2.75, 3.05) is 0 Å². The van der Waals surface area contributed by atoms with Crippen molar-refractivity contribution in [2.24, 2.45) is 0 Å². The Labute approximate surface area is 106 Å². The lowest BCUT2D eigenvalue weighted by Crippen LogP contribution is -2.35. The van der Waals surface area contributed by atoms with E-state index in [4.69, 9.17) is 0 Å². The van der Waals surface area contributed by atoms with Gasteiger partial charge in [0.2, 0.25) is 0 Å². The summed E-state index contributed by atoms with van der Waals surface area (Å²) in [6, 6.07) is 8.83. The van der Waals surface area contributed by atoms with Gasteiger partial charge in [-0.15, -0.1) is 11.3 Å². The molecule has 0 aliphatic heterocycles. The van der Waals surface area contributed by atoms with Crippen LogP contribution in [0.5, 0.6) is 0 Å². The van der Waals surface area contributed by atoms with Gasteiger partial charge in [-0.25, -0.2) is 9.36 Å². The molecule has 5 heteroatoms. The highest BCUT2D eigenvalue weighted by molar-refractivity contribution is 7.15. The molecule has 3 rings (SSSR count). The molecule has 3 aromatic rings. The van der Waals surface area contributed by atoms with Crippen LogP contribution >= 0.6 is 11.3 Å². The number of benzene rings is 1. The number of fused-ring (bicyclic) bond motifs is 1. The molecular formula is C13H10N2O2S. The van der Waals surface area contributed by atoms with Crippen LogP contribution in [0.3, 0.4) is 0 Å². The minimum Gasteiger partial charge on any atom is -0.269 e. The Bertz CT molecular complexity index is 842. The highest BCUT2D eigenvalue weighted by Gasteiger charge is 2.10. The van der Waals surface area contributed by atoms with Crippen molar-refractivity contribution in [3.63, 3.8) is 0 Å². The van der Waals surface area contributed by atoms with Crippen LogP contribution in [-0.4, -0.2) is 8.97 Å². The van der Waals surface area contributed by atoms with Crippen LogP contribution in [0.4, 0.5) is 0 Å². The molecular weight excluding hydrogens is 248 g/mol. The summed E-state index contributed by atoms with van der Waals surface area (Å²) in [5.41, 5.74) is 0.907. The third-order valence-corrected chi connectivity index (χ3v) is 3.67. The highest BCUT2D eigenvalue weighted by atomic mass is 32.1. The Morgan fingerprint density at radius 2 is 1.94 bits per heavy atom. The van der Waals surface area contributed by atoms with Gasteiger partial charge < -0.3 is 0 Å². The number of hydrogen-bond acceptors (Lipinski definition) is 3. The highest BCUT2D eigenvalue weighted by Crippen LogP contribution is 2.11. The monoisotopic (exact) mass is 258 g/mol. The maximum Gasteiger partial charge on any atom is 0.340 e. The van der Waals surface area contributed by atoms with E-state index in [1.807, 2.05) is 25.1 Å². The van der Waals surface area contributed by atoms with E-state index >= 15 is 0 Å². The molecule has 4 nitrogen and oxygen atoms in total. The van der Waals surface area contributed by atoms with Crippen molar-refractivity contribution in [1.82, 2.24) is 8.97 Å². The van der Waals surface area contributed by atoms with Crippen molar-refractivity contribution in [1.29, 1.82) is 0 Å². The smallest absolute Gasteiger partial charge is 0.269 e. The van der Waals surface area contributed by atoms with Crippen LogP contribution in [0.2, 0.25) is 0 Å². The number of aromatic nitrogens is 2. The van der Waals surface area contributed by atoms with E-state index in [0.29, 0.717) is 10.5 Å². The van der Waals surface area contributed by atoms with E-state index in [9.17, 15) is 9.59 Å². The second-order valence-electron chi connectivity index (χ2n) is 4.00. The molecule has 0 saturated heterocycles. The molecule has 0 aliphatic carbocycles. The van der Waals surface area contributed by atoms with Crippen LogP contribution in [-0.2, 0) is 0 Å². The first-order valence-electron chi connectivity index (χ1n) is 5.46. The average molecular weight is 258 g/mol. The second-order valence-corrected chi connectivity index (χ2v) is 4.92. The fourth-order valence-electron chi connectivity index (χ4n) is 1.96. The topological polar surface area (TPSA) is 43.5 Å². The first-order valence-corrected chi connectivity index (χ1v) is 6.34. The number of rotatable bonds is 1. The van der Waals surface area contributed by atoms with Crippen LogP contribution in [0, 0.1) is 6.92 Å². The van der Waals surface area contributed by atoms with Gasteiger partial charge in [0.15, 0.2) is 0 Å². The molecule has 0 radical (unpaired) electrons. The molecule has 0 bridgehead atoms. The molecule has 2 aromatic heterocycles. The van der Waals surface area contributed by atoms with Crippen molar-refractivity contribution in [2.45, 2.75) is 6.92 Å². The summed E-state index contributed by atoms with van der Waals surface area (Å²) in [4.78, 5) is 25.0. The minimum absolute atomic E-state index is 0.295. The molecule has 0 atom stereocenters. The quantitative estimate of drug-likeness (QED) is 0.668. The van der Waals surface area contributed by atoms with Crippen molar-refractivity contribution >= 4 is 16.2 Å². The fraction of sp³-hybridized carbons (Fsp3) is 0.0769. The zero-order valence-corrected chi connectivity index (χ0v) is 10.5. The number of aryl methyl sites for hydroxylation is 1. The molecule has 0 N–H and O–H groups in total. The Kier molecular flexibility index (Phi) is 2.41. The lowest BCUT2D eigenvalue weighted by atomic mass is 10.2. The first-order chi connectivity index (χ1) is 8.68. The minimum atomic E-state index is -0.326. The van der Waals surface area contributed by atoms with Gasteiger partial charge >= 0.3 is 5.69 Å². The van der Waals surface area contributed by atoms with E-state index in [2.05, 4.69) is 0 Å². The summed E-state index contributed by atoms with van der Waals surface area (Å²) < 4.78 is 2.69. The zero-order valence-electron chi connectivity index (χ0n) is 9.66. The predicted molar refractivity (Wildman–Crippen MR) is 71.9 cm³/mol. The summed E-state index contributed by atoms with van der Waals surface area (Å²) in [7, 11) is 0. The van der Waals surface area contributed by atoms with Gasteiger partial charge in [-0.1, -0.05) is 18.2 Å². The Morgan fingerprint density at radius 1 is 1.17 bits per heavy atom. The van der Waals surface area contributed by atoms with E-state index in [-0.39, 0.29) is 11.2 Å². The lowest BCUT2D eigenvalue weighted by molar-refractivity contribution is 0.847. The standard InChI is InChI=1S/C13H10N2O2S/c1-9-4-2-3-5-10(9)15-11(16)8-12-14(13(15)17)6-7-18-12/h2-8H,1H3. The molecule has 1 aromatic carbocycles. The first kappa shape index (κ1) is 11.0. The Morgan fingerprint density at radius 3 is 2.72 bits per heavy atom. The molecule has 2 heterocycles. The fourth-order valence-corrected chi connectivity index (χ4v) is 2.70. The van der Waals surface area contributed by atoms with E-state index < -0.39 is 0 Å². The molecule has 90 valence electrons. The molecule has 0 fully saturated rings. The van der Waals surface area contributed by atoms with Crippen LogP contribution in [0.15, 0.2) is 51.5 Å². The van der Waals surface area contributed by atoms with Crippen LogP contribution in [0.25, 0.3) is 10.5 Å². The van der Waals surface area contributed by atoms with Crippen LogP contribution < -0.4 is 11.2 Å². The normalized spacial score (nSPS) is 10.9. The van der Waals surface area contributed by atoms with Gasteiger partial charge in [0.05, 0.1) is 5.69 Å². The van der Waals surface area contributed by atoms with Crippen molar-refractivity contribution in [3.8, 4) is 5.69 Å². The SMILES string of the molecule is Cc1ccccc1-n1c(=O)cc2sccn2c1=O. The largest absolute Gasteiger partial charge is 0.340 e. The van der Waals surface area contributed by atoms with E-state index in [0.717, 1.165) is 5.56 Å². The Balaban J connectivity index is 2.47. The van der Waals surface area contributed by atoms with Gasteiger partial charge in [-0.05, 0) is 18.6 Å². The summed E-state index contributed by atoms with van der Waals surface area (Å²) in [5, 5.41) is 1.79. The van der Waals surface area contributed by atoms with Gasteiger partial charge in [-0.3, -0.25) is 9.20 Å². The zero-order chi connectivity index (χ0) is 12.7. The van der Waals surface area contributed by atoms with Gasteiger partial charge in [0, 0.05) is 17.6 Å². The molecule has 0 aliphatic rings. The van der Waals surface area contributed by atoms with E-state index in [1.165, 1.54) is 26.4 Å². The van der Waals surface area contributed by atoms with Gasteiger partial charge in [0.25, 0.3) is 5.56 Å². The maximum absolute atomic E-state index is 12.3. The molecule has 0 amide bonds. The number of nitrogens with zero attached hydrogens (tertiary/aromatic N) is 2. The maximum atomic E-state index is 12.3. The summed E-state index contributed by atoms with van der Waals surface area (Å²) in [6.07, 6.45) is 1.68.